The average Bonchev–Trinajstić information content (AvgIpc) is 3.28. The number of hydrogen-bond donors (Lipinski definition) is 2. The number of nitrogens with one attached hydrogen (secondary N) is 1. The molecule has 1 unspecified atom stereocenters. The van der Waals surface area contributed by atoms with E-state index in [1.807, 2.05) is 24.3 Å². The number of nitrogens with two attached hydrogens (primary N) is 1. The van der Waals surface area contributed by atoms with Crippen molar-refractivity contribution in [1.29, 1.82) is 0 Å². The van der Waals surface area contributed by atoms with Gasteiger partial charge in [0.25, 0.3) is 0 Å². The molecule has 4 nitrogen and oxygen atoms in total. The molecule has 1 atom stereocenters. The first-order chi connectivity index (χ1) is 10.0. The molecule has 4 heteroatoms. The van der Waals surface area contributed by atoms with Gasteiger partial charge in [-0.1, -0.05) is 26.0 Å². The molecule has 0 spiro atoms. The van der Waals surface area contributed by atoms with Gasteiger partial charge in [0.05, 0.1) is 13.0 Å². The number of benzene rings is 1. The summed E-state index contributed by atoms with van der Waals surface area (Å²) in [5.74, 6) is 2.00. The summed E-state index contributed by atoms with van der Waals surface area (Å²) in [5, 5.41) is 2.91. The van der Waals surface area contributed by atoms with E-state index in [2.05, 4.69) is 19.2 Å². The molecule has 0 heterocycles. The molecule has 0 aliphatic heterocycles. The highest BCUT2D eigenvalue weighted by atomic mass is 16.5. The largest absolute Gasteiger partial charge is 0.493 e. The lowest BCUT2D eigenvalue weighted by Crippen LogP contribution is -2.39. The van der Waals surface area contributed by atoms with Gasteiger partial charge in [-0.2, -0.15) is 0 Å². The Kier molecular flexibility index (Phi) is 5.62. The van der Waals surface area contributed by atoms with Crippen LogP contribution in [0.5, 0.6) is 5.75 Å². The second-order valence-electron chi connectivity index (χ2n) is 6.33. The molecule has 0 bridgehead atoms. The Hall–Kier alpha value is -1.55. The summed E-state index contributed by atoms with van der Waals surface area (Å²) < 4.78 is 5.62. The van der Waals surface area contributed by atoms with Crippen LogP contribution >= 0.6 is 0 Å². The maximum Gasteiger partial charge on any atom is 0.224 e. The third-order valence-electron chi connectivity index (χ3n) is 3.63. The highest BCUT2D eigenvalue weighted by Crippen LogP contribution is 2.31. The quantitative estimate of drug-likeness (QED) is 0.771. The Balaban J connectivity index is 1.72. The van der Waals surface area contributed by atoms with E-state index >= 15 is 0 Å². The van der Waals surface area contributed by atoms with Gasteiger partial charge in [-0.05, 0) is 42.4 Å². The maximum absolute atomic E-state index is 11.9. The zero-order chi connectivity index (χ0) is 15.2. The standard InChI is InChI=1S/C17H26N2O2/c1-12(2)11-21-15-7-3-13(4-8-15)9-17(20)19-10-16(18)14-5-6-14/h3-4,7-8,12,14,16H,5-6,9-11,18H2,1-2H3,(H,19,20). The molecule has 0 saturated heterocycles. The fourth-order valence-corrected chi connectivity index (χ4v) is 2.14. The number of carbonyl (C=O) groups is 1. The van der Waals surface area contributed by atoms with Crippen molar-refractivity contribution in [3.8, 4) is 5.75 Å². The second kappa shape index (κ2) is 7.46. The van der Waals surface area contributed by atoms with E-state index in [1.54, 1.807) is 0 Å². The number of ether oxygens (including phenoxy) is 1. The van der Waals surface area contributed by atoms with E-state index in [4.69, 9.17) is 10.5 Å². The third-order valence-corrected chi connectivity index (χ3v) is 3.63. The van der Waals surface area contributed by atoms with Gasteiger partial charge in [0, 0.05) is 12.6 Å². The molecule has 3 N–H and O–H groups in total. The van der Waals surface area contributed by atoms with Gasteiger partial charge in [0.2, 0.25) is 5.91 Å². The molecule has 1 aromatic rings. The average molecular weight is 290 g/mol. The molecular weight excluding hydrogens is 264 g/mol. The first kappa shape index (κ1) is 15.8. The molecule has 1 fully saturated rings. The molecule has 1 amide bonds. The van der Waals surface area contributed by atoms with Crippen molar-refractivity contribution in [2.45, 2.75) is 39.2 Å². The summed E-state index contributed by atoms with van der Waals surface area (Å²) in [4.78, 5) is 11.9. The van der Waals surface area contributed by atoms with E-state index in [0.717, 1.165) is 11.3 Å². The van der Waals surface area contributed by atoms with Crippen molar-refractivity contribution in [2.75, 3.05) is 13.2 Å². The highest BCUT2D eigenvalue weighted by molar-refractivity contribution is 5.78. The van der Waals surface area contributed by atoms with Gasteiger partial charge in [-0.15, -0.1) is 0 Å². The van der Waals surface area contributed by atoms with E-state index in [9.17, 15) is 4.79 Å². The fraction of sp³-hybridized carbons (Fsp3) is 0.588. The minimum atomic E-state index is 0.0296. The van der Waals surface area contributed by atoms with Crippen LogP contribution in [-0.2, 0) is 11.2 Å². The SMILES string of the molecule is CC(C)COc1ccc(CC(=O)NCC(N)C2CC2)cc1. The summed E-state index contributed by atoms with van der Waals surface area (Å²) in [6, 6.07) is 7.83. The zero-order valence-corrected chi connectivity index (χ0v) is 13.0. The van der Waals surface area contributed by atoms with Crippen LogP contribution in [0.1, 0.15) is 32.3 Å². The van der Waals surface area contributed by atoms with Crippen LogP contribution in [0.2, 0.25) is 0 Å². The van der Waals surface area contributed by atoms with E-state index in [-0.39, 0.29) is 11.9 Å². The Morgan fingerprint density at radius 3 is 2.57 bits per heavy atom. The number of hydrogen-bond acceptors (Lipinski definition) is 3. The molecule has 1 saturated carbocycles. The van der Waals surface area contributed by atoms with Gasteiger partial charge < -0.3 is 15.8 Å². The van der Waals surface area contributed by atoms with Crippen molar-refractivity contribution in [1.82, 2.24) is 5.32 Å². The smallest absolute Gasteiger partial charge is 0.224 e. The van der Waals surface area contributed by atoms with Crippen LogP contribution in [-0.4, -0.2) is 25.1 Å². The predicted octanol–water partition coefficient (Wildman–Crippen LogP) is 2.12. The van der Waals surface area contributed by atoms with Gasteiger partial charge in [-0.25, -0.2) is 0 Å². The summed E-state index contributed by atoms with van der Waals surface area (Å²) in [6.07, 6.45) is 2.80. The molecular formula is C17H26N2O2. The van der Waals surface area contributed by atoms with E-state index in [1.165, 1.54) is 12.8 Å². The lowest BCUT2D eigenvalue weighted by Gasteiger charge is -2.12. The summed E-state index contributed by atoms with van der Waals surface area (Å²) >= 11 is 0. The second-order valence-corrected chi connectivity index (χ2v) is 6.33. The fourth-order valence-electron chi connectivity index (χ4n) is 2.14. The topological polar surface area (TPSA) is 64.3 Å². The van der Waals surface area contributed by atoms with Gasteiger partial charge in [-0.3, -0.25) is 4.79 Å². The van der Waals surface area contributed by atoms with E-state index in [0.29, 0.717) is 31.4 Å². The molecule has 1 aliphatic rings. The van der Waals surface area contributed by atoms with Gasteiger partial charge >= 0.3 is 0 Å². The van der Waals surface area contributed by atoms with Crippen LogP contribution in [0.15, 0.2) is 24.3 Å². The molecule has 1 aliphatic carbocycles. The molecule has 2 rings (SSSR count). The molecule has 0 radical (unpaired) electrons. The minimum absolute atomic E-state index is 0.0296. The molecule has 0 aromatic heterocycles. The van der Waals surface area contributed by atoms with Crippen molar-refractivity contribution >= 4 is 5.91 Å². The molecule has 21 heavy (non-hydrogen) atoms. The summed E-state index contributed by atoms with van der Waals surface area (Å²) in [5.41, 5.74) is 6.96. The molecule has 1 aromatic carbocycles. The van der Waals surface area contributed by atoms with Crippen LogP contribution in [0.4, 0.5) is 0 Å². The Morgan fingerprint density at radius 1 is 1.33 bits per heavy atom. The Labute approximate surface area is 127 Å². The van der Waals surface area contributed by atoms with Gasteiger partial charge in [0.15, 0.2) is 0 Å². The van der Waals surface area contributed by atoms with Crippen LogP contribution in [0, 0.1) is 11.8 Å². The first-order valence-corrected chi connectivity index (χ1v) is 7.78. The first-order valence-electron chi connectivity index (χ1n) is 7.78. The monoisotopic (exact) mass is 290 g/mol. The Morgan fingerprint density at radius 2 is 2.00 bits per heavy atom. The van der Waals surface area contributed by atoms with E-state index < -0.39 is 0 Å². The summed E-state index contributed by atoms with van der Waals surface area (Å²) in [7, 11) is 0. The zero-order valence-electron chi connectivity index (χ0n) is 13.0. The maximum atomic E-state index is 11.9. The molecule has 116 valence electrons. The van der Waals surface area contributed by atoms with Crippen LogP contribution in [0.3, 0.4) is 0 Å². The lowest BCUT2D eigenvalue weighted by atomic mass is 10.1. The Bertz CT molecular complexity index is 452. The summed E-state index contributed by atoms with van der Waals surface area (Å²) in [6.45, 7) is 5.52. The number of amides is 1. The highest BCUT2D eigenvalue weighted by Gasteiger charge is 2.28. The van der Waals surface area contributed by atoms with Crippen molar-refractivity contribution in [3.05, 3.63) is 29.8 Å². The van der Waals surface area contributed by atoms with Crippen molar-refractivity contribution in [3.63, 3.8) is 0 Å². The number of carbonyl (C=O) groups excluding carboxylic acids is 1. The third kappa shape index (κ3) is 5.76. The number of rotatable bonds is 8. The van der Waals surface area contributed by atoms with Crippen molar-refractivity contribution in [2.24, 2.45) is 17.6 Å². The van der Waals surface area contributed by atoms with Crippen LogP contribution in [0.25, 0.3) is 0 Å². The van der Waals surface area contributed by atoms with Crippen LogP contribution < -0.4 is 15.8 Å². The normalized spacial score (nSPS) is 15.8. The lowest BCUT2D eigenvalue weighted by molar-refractivity contribution is -0.120. The predicted molar refractivity (Wildman–Crippen MR) is 84.2 cm³/mol. The minimum Gasteiger partial charge on any atom is -0.493 e. The van der Waals surface area contributed by atoms with Crippen molar-refractivity contribution < 1.29 is 9.53 Å². The van der Waals surface area contributed by atoms with Gasteiger partial charge in [0.1, 0.15) is 5.75 Å².